The molecule has 1 fully saturated rings. The van der Waals surface area contributed by atoms with Gasteiger partial charge in [-0.15, -0.1) is 23.5 Å². The Bertz CT molecular complexity index is 535. The highest BCUT2D eigenvalue weighted by Crippen LogP contribution is 2.38. The van der Waals surface area contributed by atoms with Crippen molar-refractivity contribution in [3.63, 3.8) is 0 Å². The lowest BCUT2D eigenvalue weighted by Gasteiger charge is -2.34. The number of aliphatic hydroxyl groups is 3. The van der Waals surface area contributed by atoms with E-state index in [2.05, 4.69) is 0 Å². The van der Waals surface area contributed by atoms with Crippen LogP contribution in [-0.2, 0) is 0 Å². The average molecular weight is 354 g/mol. The molecule has 0 amide bonds. The van der Waals surface area contributed by atoms with Gasteiger partial charge in [0.25, 0.3) is 5.78 Å². The number of benzene rings is 1. The molecule has 1 aromatic carbocycles. The van der Waals surface area contributed by atoms with Gasteiger partial charge in [-0.25, -0.2) is 0 Å². The van der Waals surface area contributed by atoms with Gasteiger partial charge in [0.15, 0.2) is 0 Å². The molecule has 1 aromatic rings. The molecule has 0 aliphatic carbocycles. The molecule has 0 aromatic heterocycles. The second kappa shape index (κ2) is 6.79. The van der Waals surface area contributed by atoms with Gasteiger partial charge in [0, 0.05) is 16.2 Å². The number of halogens is 3. The van der Waals surface area contributed by atoms with E-state index in [1.165, 1.54) is 23.9 Å². The van der Waals surface area contributed by atoms with Crippen molar-refractivity contribution in [1.82, 2.24) is 0 Å². The molecule has 122 valence electrons. The Hall–Kier alpha value is -0.740. The van der Waals surface area contributed by atoms with Gasteiger partial charge in [0.2, 0.25) is 0 Å². The Kier molecular flexibility index (Phi) is 5.44. The van der Waals surface area contributed by atoms with Crippen molar-refractivity contribution >= 4 is 29.3 Å². The Morgan fingerprint density at radius 1 is 1.14 bits per heavy atom. The minimum atomic E-state index is -4.91. The first-order valence-corrected chi connectivity index (χ1v) is 8.17. The molecule has 0 saturated carbocycles. The molecule has 0 bridgehead atoms. The van der Waals surface area contributed by atoms with Crippen molar-refractivity contribution in [2.24, 2.45) is 0 Å². The molecule has 4 nitrogen and oxygen atoms in total. The van der Waals surface area contributed by atoms with Crippen LogP contribution in [0.4, 0.5) is 13.2 Å². The van der Waals surface area contributed by atoms with Gasteiger partial charge in [-0.2, -0.15) is 13.2 Å². The number of carbonyl (C=O) groups is 1. The maximum Gasteiger partial charge on any atom is 0.454 e. The topological polar surface area (TPSA) is 77.8 Å². The third-order valence-corrected chi connectivity index (χ3v) is 5.97. The monoisotopic (exact) mass is 354 g/mol. The van der Waals surface area contributed by atoms with E-state index in [-0.39, 0.29) is 5.75 Å². The number of carbonyl (C=O) groups excluding carboxylic acids is 1. The lowest BCUT2D eigenvalue weighted by molar-refractivity contribution is -0.0885. The summed E-state index contributed by atoms with van der Waals surface area (Å²) in [5.41, 5.74) is -0.454. The highest BCUT2D eigenvalue weighted by Gasteiger charge is 2.39. The van der Waals surface area contributed by atoms with Crippen LogP contribution in [0.5, 0.6) is 0 Å². The van der Waals surface area contributed by atoms with E-state index < -0.39 is 40.4 Å². The van der Waals surface area contributed by atoms with E-state index >= 15 is 0 Å². The molecule has 1 saturated heterocycles. The number of thioether (sulfide) groups is 2. The van der Waals surface area contributed by atoms with Crippen LogP contribution in [0.1, 0.15) is 10.4 Å². The fourth-order valence-corrected chi connectivity index (χ4v) is 4.51. The highest BCUT2D eigenvalue weighted by molar-refractivity contribution is 8.17. The van der Waals surface area contributed by atoms with E-state index in [0.717, 1.165) is 23.9 Å². The minimum Gasteiger partial charge on any atom is -0.389 e. The number of hydrogen-bond donors (Lipinski definition) is 3. The standard InChI is InChI=1S/C13H13F3O4S2/c14-13(15,16)11(20)6-1-3-7(4-2-6)22-12-10(19)9(18)8(17)5-21-12/h1-4,8-10,12,17-19H,5H2/t8-,9+,10-,12+/m1/s1. The Morgan fingerprint density at radius 2 is 1.73 bits per heavy atom. The predicted molar refractivity (Wildman–Crippen MR) is 77.0 cm³/mol. The van der Waals surface area contributed by atoms with Crippen molar-refractivity contribution in [3.05, 3.63) is 29.8 Å². The molecule has 0 radical (unpaired) electrons. The van der Waals surface area contributed by atoms with E-state index in [4.69, 9.17) is 0 Å². The summed E-state index contributed by atoms with van der Waals surface area (Å²) in [6.45, 7) is 0. The summed E-state index contributed by atoms with van der Waals surface area (Å²) in [6.07, 6.45) is -8.34. The SMILES string of the molecule is O=C(c1ccc(S[C@@H]2SC[C@@H](O)[C@H](O)[C@H]2O)cc1)C(F)(F)F. The first kappa shape index (κ1) is 17.6. The second-order valence-corrected chi connectivity index (χ2v) is 7.41. The highest BCUT2D eigenvalue weighted by atomic mass is 32.2. The molecular formula is C13H13F3O4S2. The van der Waals surface area contributed by atoms with Crippen molar-refractivity contribution in [2.75, 3.05) is 5.75 Å². The van der Waals surface area contributed by atoms with E-state index in [1.54, 1.807) is 0 Å². The normalized spacial score (nSPS) is 29.4. The molecule has 0 spiro atoms. The van der Waals surface area contributed by atoms with Crippen LogP contribution < -0.4 is 0 Å². The fraction of sp³-hybridized carbons (Fsp3) is 0.462. The quantitative estimate of drug-likeness (QED) is 0.717. The maximum absolute atomic E-state index is 12.3. The molecule has 9 heteroatoms. The largest absolute Gasteiger partial charge is 0.454 e. The molecule has 1 heterocycles. The van der Waals surface area contributed by atoms with Gasteiger partial charge in [-0.05, 0) is 24.3 Å². The van der Waals surface area contributed by atoms with Crippen molar-refractivity contribution < 1.29 is 33.3 Å². The van der Waals surface area contributed by atoms with E-state index in [9.17, 15) is 33.3 Å². The Morgan fingerprint density at radius 3 is 2.27 bits per heavy atom. The van der Waals surface area contributed by atoms with Gasteiger partial charge < -0.3 is 15.3 Å². The first-order valence-electron chi connectivity index (χ1n) is 6.24. The summed E-state index contributed by atoms with van der Waals surface area (Å²) in [4.78, 5) is 11.6. The van der Waals surface area contributed by atoms with Crippen LogP contribution >= 0.6 is 23.5 Å². The lowest BCUT2D eigenvalue weighted by atomic mass is 10.1. The molecule has 4 atom stereocenters. The zero-order chi connectivity index (χ0) is 16.5. The van der Waals surface area contributed by atoms with Crippen molar-refractivity contribution in [3.8, 4) is 0 Å². The molecule has 1 aliphatic rings. The summed E-state index contributed by atoms with van der Waals surface area (Å²) in [5.74, 6) is -1.66. The van der Waals surface area contributed by atoms with Crippen molar-refractivity contribution in [2.45, 2.75) is 34.0 Å². The van der Waals surface area contributed by atoms with Crippen LogP contribution in [0.25, 0.3) is 0 Å². The van der Waals surface area contributed by atoms with Gasteiger partial charge in [0.1, 0.15) is 12.2 Å². The zero-order valence-corrected chi connectivity index (χ0v) is 12.7. The number of Topliss-reactive ketones (excluding diaryl/α,β-unsaturated/α-hetero) is 1. The minimum absolute atomic E-state index is 0.251. The summed E-state index contributed by atoms with van der Waals surface area (Å²) >= 11 is 2.40. The number of rotatable bonds is 3. The first-order chi connectivity index (χ1) is 10.2. The summed E-state index contributed by atoms with van der Waals surface area (Å²) < 4.78 is 36.4. The molecule has 3 N–H and O–H groups in total. The van der Waals surface area contributed by atoms with Crippen LogP contribution in [0.3, 0.4) is 0 Å². The fourth-order valence-electron chi connectivity index (χ4n) is 1.87. The average Bonchev–Trinajstić information content (AvgIpc) is 2.47. The smallest absolute Gasteiger partial charge is 0.389 e. The molecule has 0 unspecified atom stereocenters. The van der Waals surface area contributed by atoms with Crippen molar-refractivity contribution in [1.29, 1.82) is 0 Å². The zero-order valence-electron chi connectivity index (χ0n) is 11.0. The third-order valence-electron chi connectivity index (χ3n) is 3.08. The van der Waals surface area contributed by atoms with E-state index in [1.807, 2.05) is 0 Å². The predicted octanol–water partition coefficient (Wildman–Crippen LogP) is 1.68. The summed E-state index contributed by atoms with van der Waals surface area (Å²) in [5, 5.41) is 28.9. The van der Waals surface area contributed by atoms with Crippen LogP contribution in [-0.4, -0.2) is 55.9 Å². The molecule has 2 rings (SSSR count). The maximum atomic E-state index is 12.3. The van der Waals surface area contributed by atoms with Gasteiger partial charge >= 0.3 is 6.18 Å². The molecule has 22 heavy (non-hydrogen) atoms. The van der Waals surface area contributed by atoms with Gasteiger partial charge in [-0.3, -0.25) is 4.79 Å². The summed E-state index contributed by atoms with van der Waals surface area (Å²) in [7, 11) is 0. The van der Waals surface area contributed by atoms with Crippen LogP contribution in [0, 0.1) is 0 Å². The Balaban J connectivity index is 2.04. The van der Waals surface area contributed by atoms with Crippen LogP contribution in [0.2, 0.25) is 0 Å². The van der Waals surface area contributed by atoms with Crippen LogP contribution in [0.15, 0.2) is 29.2 Å². The third kappa shape index (κ3) is 3.96. The number of aliphatic hydroxyl groups excluding tert-OH is 3. The van der Waals surface area contributed by atoms with Gasteiger partial charge in [0.05, 0.1) is 10.7 Å². The lowest BCUT2D eigenvalue weighted by Crippen LogP contribution is -2.47. The molecule has 1 aliphatic heterocycles. The van der Waals surface area contributed by atoms with Gasteiger partial charge in [-0.1, -0.05) is 0 Å². The number of hydrogen-bond acceptors (Lipinski definition) is 6. The summed E-state index contributed by atoms with van der Waals surface area (Å²) in [6, 6.07) is 4.86. The number of ketones is 1. The second-order valence-electron chi connectivity index (χ2n) is 4.72. The molecular weight excluding hydrogens is 341 g/mol. The number of alkyl halides is 3. The Labute approximate surface area is 132 Å². The van der Waals surface area contributed by atoms with E-state index in [0.29, 0.717) is 4.90 Å².